The number of halogens is 1. The Morgan fingerprint density at radius 3 is 2.62 bits per heavy atom. The quantitative estimate of drug-likeness (QED) is 0.827. The fraction of sp³-hybridized carbons (Fsp3) is 0.500. The van der Waals surface area contributed by atoms with E-state index < -0.39 is 0 Å². The van der Waals surface area contributed by atoms with Gasteiger partial charge in [0.2, 0.25) is 0 Å². The normalized spacial score (nSPS) is 15.5. The highest BCUT2D eigenvalue weighted by Crippen LogP contribution is 2.18. The van der Waals surface area contributed by atoms with Crippen molar-refractivity contribution in [1.29, 1.82) is 0 Å². The number of carbonyl (C=O) groups is 2. The van der Waals surface area contributed by atoms with Crippen LogP contribution in [-0.4, -0.2) is 24.5 Å². The minimum absolute atomic E-state index is 0.165. The maximum atomic E-state index is 11.7. The zero-order chi connectivity index (χ0) is 15.1. The van der Waals surface area contributed by atoms with Gasteiger partial charge < -0.3 is 10.1 Å². The molecule has 1 N–H and O–H groups in total. The molecule has 0 aromatic heterocycles. The third-order valence-corrected chi connectivity index (χ3v) is 4.40. The fourth-order valence-corrected chi connectivity index (χ4v) is 2.94. The number of amides is 1. The summed E-state index contributed by atoms with van der Waals surface area (Å²) in [5.41, 5.74) is 0.857. The molecule has 21 heavy (non-hydrogen) atoms. The van der Waals surface area contributed by atoms with E-state index in [1.165, 1.54) is 6.42 Å². The molecule has 0 radical (unpaired) electrons. The summed E-state index contributed by atoms with van der Waals surface area (Å²) in [6.45, 7) is -0.195. The largest absolute Gasteiger partial charge is 0.455 e. The molecular formula is C16H20BrNO3. The molecule has 1 aliphatic rings. The second kappa shape index (κ2) is 8.17. The third kappa shape index (κ3) is 5.50. The average molecular weight is 354 g/mol. The van der Waals surface area contributed by atoms with Crippen LogP contribution in [0.25, 0.3) is 0 Å². The van der Waals surface area contributed by atoms with Gasteiger partial charge in [-0.15, -0.1) is 0 Å². The van der Waals surface area contributed by atoms with Crippen LogP contribution in [0.2, 0.25) is 0 Å². The molecule has 0 bridgehead atoms. The molecule has 1 saturated carbocycles. The lowest BCUT2D eigenvalue weighted by Gasteiger charge is -2.22. The number of benzene rings is 1. The second-order valence-corrected chi connectivity index (χ2v) is 6.19. The van der Waals surface area contributed by atoms with Crippen molar-refractivity contribution in [1.82, 2.24) is 5.32 Å². The van der Waals surface area contributed by atoms with E-state index in [2.05, 4.69) is 21.2 Å². The summed E-state index contributed by atoms with van der Waals surface area (Å²) in [5, 5.41) is 2.92. The number of hydrogen-bond acceptors (Lipinski definition) is 3. The van der Waals surface area contributed by atoms with Crippen molar-refractivity contribution in [3.8, 4) is 0 Å². The van der Waals surface area contributed by atoms with Gasteiger partial charge >= 0.3 is 5.97 Å². The van der Waals surface area contributed by atoms with Crippen LogP contribution in [0.3, 0.4) is 0 Å². The fourth-order valence-electron chi connectivity index (χ4n) is 2.51. The summed E-state index contributed by atoms with van der Waals surface area (Å²) in [4.78, 5) is 23.5. The zero-order valence-corrected chi connectivity index (χ0v) is 13.5. The van der Waals surface area contributed by atoms with Gasteiger partial charge in [0.25, 0.3) is 5.91 Å². The van der Waals surface area contributed by atoms with Gasteiger partial charge in [-0.25, -0.2) is 0 Å². The van der Waals surface area contributed by atoms with Gasteiger partial charge in [0, 0.05) is 10.5 Å². The summed E-state index contributed by atoms with van der Waals surface area (Å²) >= 11 is 3.38. The minimum atomic E-state index is -0.388. The second-order valence-electron chi connectivity index (χ2n) is 5.33. The average Bonchev–Trinajstić information content (AvgIpc) is 2.49. The van der Waals surface area contributed by atoms with Gasteiger partial charge in [0.15, 0.2) is 6.61 Å². The molecule has 0 aliphatic heterocycles. The number of hydrogen-bond donors (Lipinski definition) is 1. The lowest BCUT2D eigenvalue weighted by Crippen LogP contribution is -2.38. The Bertz CT molecular complexity index is 498. The Morgan fingerprint density at radius 2 is 1.90 bits per heavy atom. The molecule has 1 aliphatic carbocycles. The summed E-state index contributed by atoms with van der Waals surface area (Å²) in [6.07, 6.45) is 5.78. The number of rotatable bonds is 5. The molecule has 1 aromatic carbocycles. The maximum absolute atomic E-state index is 11.7. The molecule has 0 spiro atoms. The SMILES string of the molecule is O=C(COC(=O)Cc1ccccc1Br)NC1CCCCC1. The van der Waals surface area contributed by atoms with E-state index in [4.69, 9.17) is 4.74 Å². The van der Waals surface area contributed by atoms with Crippen LogP contribution in [0.4, 0.5) is 0 Å². The molecule has 0 atom stereocenters. The molecule has 1 aromatic rings. The molecular weight excluding hydrogens is 334 g/mol. The predicted molar refractivity (Wildman–Crippen MR) is 83.8 cm³/mol. The molecule has 4 nitrogen and oxygen atoms in total. The molecule has 0 saturated heterocycles. The van der Waals surface area contributed by atoms with Gasteiger partial charge in [0.1, 0.15) is 0 Å². The molecule has 1 fully saturated rings. The van der Waals surface area contributed by atoms with E-state index in [1.807, 2.05) is 24.3 Å². The highest BCUT2D eigenvalue weighted by Gasteiger charge is 2.16. The number of nitrogens with one attached hydrogen (secondary N) is 1. The lowest BCUT2D eigenvalue weighted by atomic mass is 9.95. The highest BCUT2D eigenvalue weighted by atomic mass is 79.9. The van der Waals surface area contributed by atoms with E-state index in [9.17, 15) is 9.59 Å². The van der Waals surface area contributed by atoms with Crippen molar-refractivity contribution in [3.05, 3.63) is 34.3 Å². The van der Waals surface area contributed by atoms with Crippen LogP contribution in [0.15, 0.2) is 28.7 Å². The standard InChI is InChI=1S/C16H20BrNO3/c17-14-9-5-4-6-12(14)10-16(20)21-11-15(19)18-13-7-2-1-3-8-13/h4-6,9,13H,1-3,7-8,10-11H2,(H,18,19). The number of carbonyl (C=O) groups excluding carboxylic acids is 2. The van der Waals surface area contributed by atoms with Gasteiger partial charge in [-0.3, -0.25) is 9.59 Å². The molecule has 0 unspecified atom stereocenters. The van der Waals surface area contributed by atoms with Crippen LogP contribution in [0.5, 0.6) is 0 Å². The topological polar surface area (TPSA) is 55.4 Å². The van der Waals surface area contributed by atoms with Crippen molar-refractivity contribution in [2.45, 2.75) is 44.6 Å². The van der Waals surface area contributed by atoms with Crippen molar-refractivity contribution in [2.24, 2.45) is 0 Å². The Kier molecular flexibility index (Phi) is 6.23. The predicted octanol–water partition coefficient (Wildman–Crippen LogP) is 2.98. The van der Waals surface area contributed by atoms with E-state index >= 15 is 0 Å². The monoisotopic (exact) mass is 353 g/mol. The van der Waals surface area contributed by atoms with E-state index in [-0.39, 0.29) is 30.9 Å². The summed E-state index contributed by atoms with van der Waals surface area (Å²) < 4.78 is 5.90. The van der Waals surface area contributed by atoms with Crippen LogP contribution in [0.1, 0.15) is 37.7 Å². The van der Waals surface area contributed by atoms with Crippen molar-refractivity contribution in [3.63, 3.8) is 0 Å². The van der Waals surface area contributed by atoms with Crippen LogP contribution >= 0.6 is 15.9 Å². The Hall–Kier alpha value is -1.36. The number of esters is 1. The summed E-state index contributed by atoms with van der Waals surface area (Å²) in [5.74, 6) is -0.594. The smallest absolute Gasteiger partial charge is 0.310 e. The summed E-state index contributed by atoms with van der Waals surface area (Å²) in [6, 6.07) is 7.72. The van der Waals surface area contributed by atoms with Gasteiger partial charge in [-0.05, 0) is 24.5 Å². The zero-order valence-electron chi connectivity index (χ0n) is 11.9. The first-order valence-corrected chi connectivity index (χ1v) is 8.13. The first kappa shape index (κ1) is 16.0. The highest BCUT2D eigenvalue weighted by molar-refractivity contribution is 9.10. The first-order chi connectivity index (χ1) is 10.1. The number of ether oxygens (including phenoxy) is 1. The Morgan fingerprint density at radius 1 is 1.19 bits per heavy atom. The van der Waals surface area contributed by atoms with Crippen LogP contribution < -0.4 is 5.32 Å². The Balaban J connectivity index is 1.71. The maximum Gasteiger partial charge on any atom is 0.310 e. The van der Waals surface area contributed by atoms with Crippen LogP contribution in [-0.2, 0) is 20.7 Å². The minimum Gasteiger partial charge on any atom is -0.455 e. The lowest BCUT2D eigenvalue weighted by molar-refractivity contribution is -0.148. The van der Waals surface area contributed by atoms with Gasteiger partial charge in [-0.2, -0.15) is 0 Å². The van der Waals surface area contributed by atoms with Gasteiger partial charge in [-0.1, -0.05) is 53.4 Å². The van der Waals surface area contributed by atoms with Crippen molar-refractivity contribution in [2.75, 3.05) is 6.61 Å². The Labute approximate surface area is 133 Å². The van der Waals surface area contributed by atoms with Crippen molar-refractivity contribution >= 4 is 27.8 Å². The molecule has 1 amide bonds. The molecule has 114 valence electrons. The third-order valence-electron chi connectivity index (χ3n) is 3.63. The summed E-state index contributed by atoms with van der Waals surface area (Å²) in [7, 11) is 0. The van der Waals surface area contributed by atoms with E-state index in [1.54, 1.807) is 0 Å². The van der Waals surface area contributed by atoms with E-state index in [0.717, 1.165) is 35.7 Å². The van der Waals surface area contributed by atoms with Crippen molar-refractivity contribution < 1.29 is 14.3 Å². The molecule has 2 rings (SSSR count). The van der Waals surface area contributed by atoms with Gasteiger partial charge in [0.05, 0.1) is 6.42 Å². The molecule has 5 heteroatoms. The van der Waals surface area contributed by atoms with E-state index in [0.29, 0.717) is 0 Å². The first-order valence-electron chi connectivity index (χ1n) is 7.33. The van der Waals surface area contributed by atoms with Crippen LogP contribution in [0, 0.1) is 0 Å². The molecule has 0 heterocycles.